The van der Waals surface area contributed by atoms with E-state index in [2.05, 4.69) is 45.3 Å². The van der Waals surface area contributed by atoms with Crippen LogP contribution in [0, 0.1) is 6.92 Å². The molecule has 0 aliphatic rings. The second-order valence-corrected chi connectivity index (χ2v) is 4.06. The summed E-state index contributed by atoms with van der Waals surface area (Å²) in [7, 11) is 1.92. The fourth-order valence-electron chi connectivity index (χ4n) is 1.45. The van der Waals surface area contributed by atoms with Crippen molar-refractivity contribution in [3.05, 3.63) is 34.2 Å². The van der Waals surface area contributed by atoms with Crippen LogP contribution in [0.25, 0.3) is 5.65 Å². The molecule has 0 aliphatic heterocycles. The van der Waals surface area contributed by atoms with Crippen LogP contribution in [0.4, 0.5) is 0 Å². The normalized spacial score (nSPS) is 11.1. The quantitative estimate of drug-likeness (QED) is 0.889. The Balaban J connectivity index is 2.61. The summed E-state index contributed by atoms with van der Waals surface area (Å²) in [5, 5.41) is 3.09. The van der Waals surface area contributed by atoms with Crippen LogP contribution in [0.2, 0.25) is 0 Å². The topological polar surface area (TPSA) is 29.3 Å². The van der Waals surface area contributed by atoms with Gasteiger partial charge in [-0.2, -0.15) is 0 Å². The van der Waals surface area contributed by atoms with Gasteiger partial charge in [-0.3, -0.25) is 4.40 Å². The summed E-state index contributed by atoms with van der Waals surface area (Å²) in [5.74, 6) is 0. The monoisotopic (exact) mass is 253 g/mol. The number of nitrogens with zero attached hydrogens (tertiary/aromatic N) is 2. The molecule has 0 spiro atoms. The lowest BCUT2D eigenvalue weighted by molar-refractivity contribution is 0.793. The summed E-state index contributed by atoms with van der Waals surface area (Å²) in [5.41, 5.74) is 3.26. The first-order chi connectivity index (χ1) is 6.72. The van der Waals surface area contributed by atoms with E-state index in [4.69, 9.17) is 0 Å². The molecular formula is C10H12BrN3. The molecule has 2 aromatic heterocycles. The molecule has 0 unspecified atom stereocenters. The number of hydrogen-bond donors (Lipinski definition) is 1. The number of imidazole rings is 1. The number of pyridine rings is 1. The maximum absolute atomic E-state index is 4.52. The number of fused-ring (bicyclic) bond motifs is 1. The van der Waals surface area contributed by atoms with Crippen molar-refractivity contribution in [3.8, 4) is 0 Å². The molecule has 0 aromatic carbocycles. The van der Waals surface area contributed by atoms with Crippen molar-refractivity contribution >= 4 is 21.6 Å². The first-order valence-electron chi connectivity index (χ1n) is 4.50. The average Bonchev–Trinajstić information content (AvgIpc) is 2.44. The van der Waals surface area contributed by atoms with Crippen LogP contribution in [-0.4, -0.2) is 16.4 Å². The van der Waals surface area contributed by atoms with Crippen molar-refractivity contribution < 1.29 is 0 Å². The van der Waals surface area contributed by atoms with E-state index in [0.29, 0.717) is 0 Å². The minimum atomic E-state index is 0.779. The number of hydrogen-bond acceptors (Lipinski definition) is 2. The molecule has 0 amide bonds. The largest absolute Gasteiger partial charge is 0.314 e. The van der Waals surface area contributed by atoms with Gasteiger partial charge in [0.05, 0.1) is 5.69 Å². The Hall–Kier alpha value is -0.870. The van der Waals surface area contributed by atoms with Crippen LogP contribution in [-0.2, 0) is 6.54 Å². The fourth-order valence-corrected chi connectivity index (χ4v) is 1.97. The summed E-state index contributed by atoms with van der Waals surface area (Å²) in [4.78, 5) is 4.52. The summed E-state index contributed by atoms with van der Waals surface area (Å²) >= 11 is 3.54. The third-order valence-corrected chi connectivity index (χ3v) is 2.97. The summed E-state index contributed by atoms with van der Waals surface area (Å²) < 4.78 is 3.07. The Labute approximate surface area is 91.3 Å². The molecule has 3 nitrogen and oxygen atoms in total. The van der Waals surface area contributed by atoms with Gasteiger partial charge < -0.3 is 5.32 Å². The Bertz CT molecular complexity index is 462. The minimum Gasteiger partial charge on any atom is -0.314 e. The lowest BCUT2D eigenvalue weighted by Gasteiger charge is -1.96. The third-order valence-electron chi connectivity index (χ3n) is 2.13. The molecule has 2 heterocycles. The van der Waals surface area contributed by atoms with Crippen LogP contribution in [0.15, 0.2) is 22.9 Å². The summed E-state index contributed by atoms with van der Waals surface area (Å²) in [6, 6.07) is 4.15. The highest BCUT2D eigenvalue weighted by Gasteiger charge is 2.07. The van der Waals surface area contributed by atoms with Crippen LogP contribution in [0.5, 0.6) is 0 Å². The molecule has 0 fully saturated rings. The van der Waals surface area contributed by atoms with Gasteiger partial charge in [0.2, 0.25) is 0 Å². The summed E-state index contributed by atoms with van der Waals surface area (Å²) in [6.07, 6.45) is 2.03. The Morgan fingerprint density at radius 3 is 3.07 bits per heavy atom. The molecule has 0 atom stereocenters. The second kappa shape index (κ2) is 3.71. The highest BCUT2D eigenvalue weighted by Crippen LogP contribution is 2.19. The zero-order valence-corrected chi connectivity index (χ0v) is 9.80. The van der Waals surface area contributed by atoms with Gasteiger partial charge in [0.25, 0.3) is 0 Å². The van der Waals surface area contributed by atoms with Gasteiger partial charge in [0, 0.05) is 12.7 Å². The molecule has 74 valence electrons. The zero-order valence-electron chi connectivity index (χ0n) is 8.21. The molecule has 2 aromatic rings. The lowest BCUT2D eigenvalue weighted by Crippen LogP contribution is -2.05. The van der Waals surface area contributed by atoms with Crippen LogP contribution < -0.4 is 5.32 Å². The van der Waals surface area contributed by atoms with Crippen molar-refractivity contribution in [2.45, 2.75) is 13.5 Å². The van der Waals surface area contributed by atoms with E-state index >= 15 is 0 Å². The first-order valence-corrected chi connectivity index (χ1v) is 5.29. The van der Waals surface area contributed by atoms with E-state index in [0.717, 1.165) is 22.5 Å². The maximum Gasteiger partial charge on any atom is 0.138 e. The van der Waals surface area contributed by atoms with E-state index in [1.807, 2.05) is 17.6 Å². The van der Waals surface area contributed by atoms with Gasteiger partial charge in [-0.05, 0) is 47.6 Å². The molecular weight excluding hydrogens is 242 g/mol. The van der Waals surface area contributed by atoms with Crippen LogP contribution >= 0.6 is 15.9 Å². The molecule has 0 radical (unpaired) electrons. The Kier molecular flexibility index (Phi) is 2.56. The van der Waals surface area contributed by atoms with E-state index in [9.17, 15) is 0 Å². The number of aryl methyl sites for hydroxylation is 1. The Morgan fingerprint density at radius 2 is 2.36 bits per heavy atom. The molecule has 1 N–H and O–H groups in total. The number of nitrogens with one attached hydrogen (secondary N) is 1. The molecule has 0 bridgehead atoms. The Morgan fingerprint density at radius 1 is 1.57 bits per heavy atom. The molecule has 14 heavy (non-hydrogen) atoms. The van der Waals surface area contributed by atoms with Crippen molar-refractivity contribution in [2.24, 2.45) is 0 Å². The van der Waals surface area contributed by atoms with E-state index in [1.54, 1.807) is 0 Å². The number of halogens is 1. The molecule has 4 heteroatoms. The summed E-state index contributed by atoms with van der Waals surface area (Å²) in [6.45, 7) is 2.85. The molecule has 0 saturated carbocycles. The van der Waals surface area contributed by atoms with E-state index in [-0.39, 0.29) is 0 Å². The first kappa shape index (κ1) is 9.68. The average molecular weight is 254 g/mol. The van der Waals surface area contributed by atoms with Gasteiger partial charge in [-0.25, -0.2) is 4.98 Å². The SMILES string of the molecule is CNCc1nc2cc(C)ccn2c1Br. The van der Waals surface area contributed by atoms with Gasteiger partial charge in [-0.1, -0.05) is 0 Å². The molecule has 0 aliphatic carbocycles. The fraction of sp³-hybridized carbons (Fsp3) is 0.300. The van der Waals surface area contributed by atoms with E-state index < -0.39 is 0 Å². The van der Waals surface area contributed by atoms with Crippen molar-refractivity contribution in [1.29, 1.82) is 0 Å². The van der Waals surface area contributed by atoms with Gasteiger partial charge in [0.15, 0.2) is 0 Å². The molecule has 0 saturated heterocycles. The van der Waals surface area contributed by atoms with Gasteiger partial charge in [-0.15, -0.1) is 0 Å². The van der Waals surface area contributed by atoms with Crippen molar-refractivity contribution in [3.63, 3.8) is 0 Å². The highest BCUT2D eigenvalue weighted by molar-refractivity contribution is 9.10. The van der Waals surface area contributed by atoms with Crippen molar-refractivity contribution in [2.75, 3.05) is 7.05 Å². The highest BCUT2D eigenvalue weighted by atomic mass is 79.9. The predicted octanol–water partition coefficient (Wildman–Crippen LogP) is 2.12. The lowest BCUT2D eigenvalue weighted by atomic mass is 10.3. The van der Waals surface area contributed by atoms with E-state index in [1.165, 1.54) is 5.56 Å². The van der Waals surface area contributed by atoms with Crippen LogP contribution in [0.3, 0.4) is 0 Å². The zero-order chi connectivity index (χ0) is 10.1. The number of aromatic nitrogens is 2. The van der Waals surface area contributed by atoms with Crippen LogP contribution in [0.1, 0.15) is 11.3 Å². The standard InChI is InChI=1S/C10H12BrN3/c1-7-3-4-14-9(5-7)13-8(6-12-2)10(14)11/h3-5,12H,6H2,1-2H3. The second-order valence-electron chi connectivity index (χ2n) is 3.31. The molecule has 2 rings (SSSR count). The van der Waals surface area contributed by atoms with Gasteiger partial charge in [0.1, 0.15) is 10.3 Å². The maximum atomic E-state index is 4.52. The predicted molar refractivity (Wildman–Crippen MR) is 60.4 cm³/mol. The number of rotatable bonds is 2. The van der Waals surface area contributed by atoms with Crippen molar-refractivity contribution in [1.82, 2.24) is 14.7 Å². The smallest absolute Gasteiger partial charge is 0.138 e. The van der Waals surface area contributed by atoms with Gasteiger partial charge >= 0.3 is 0 Å². The third kappa shape index (κ3) is 1.55. The minimum absolute atomic E-state index is 0.779.